The standard InChI is InChI=1S/C16H22N2O2/c1-2-5-14-6-3-4-11-18(14)15-9-7-13(12-17-15)8-10-16(19)20/h7-10,12,14H,2-6,11H2,1H3,(H,19,20)/b10-8+. The van der Waals surface area contributed by atoms with E-state index in [9.17, 15) is 4.79 Å². The Morgan fingerprint density at radius 3 is 3.00 bits per heavy atom. The molecule has 0 spiro atoms. The average Bonchev–Trinajstić information content (AvgIpc) is 2.47. The third-order valence-corrected chi connectivity index (χ3v) is 3.73. The molecule has 1 saturated heterocycles. The van der Waals surface area contributed by atoms with E-state index in [4.69, 9.17) is 5.11 Å². The lowest BCUT2D eigenvalue weighted by atomic mass is 9.98. The lowest BCUT2D eigenvalue weighted by Gasteiger charge is -2.36. The number of rotatable bonds is 5. The highest BCUT2D eigenvalue weighted by Gasteiger charge is 2.22. The molecule has 0 amide bonds. The number of pyridine rings is 1. The maximum atomic E-state index is 10.5. The van der Waals surface area contributed by atoms with E-state index in [1.165, 1.54) is 32.1 Å². The molecule has 0 aliphatic carbocycles. The molecule has 0 radical (unpaired) electrons. The van der Waals surface area contributed by atoms with Crippen LogP contribution in [0.25, 0.3) is 6.08 Å². The molecule has 0 bridgehead atoms. The topological polar surface area (TPSA) is 53.4 Å². The van der Waals surface area contributed by atoms with Crippen LogP contribution in [0.4, 0.5) is 5.82 Å². The van der Waals surface area contributed by atoms with Gasteiger partial charge in [0.1, 0.15) is 5.82 Å². The van der Waals surface area contributed by atoms with Crippen LogP contribution < -0.4 is 4.90 Å². The Morgan fingerprint density at radius 1 is 1.50 bits per heavy atom. The summed E-state index contributed by atoms with van der Waals surface area (Å²) in [6.07, 6.45) is 10.6. The molecule has 1 aromatic rings. The molecule has 1 atom stereocenters. The van der Waals surface area contributed by atoms with Crippen molar-refractivity contribution in [2.24, 2.45) is 0 Å². The molecule has 4 nitrogen and oxygen atoms in total. The lowest BCUT2D eigenvalue weighted by molar-refractivity contribution is -0.131. The largest absolute Gasteiger partial charge is 0.478 e. The highest BCUT2D eigenvalue weighted by Crippen LogP contribution is 2.25. The van der Waals surface area contributed by atoms with Crippen LogP contribution in [-0.4, -0.2) is 28.6 Å². The first-order valence-electron chi connectivity index (χ1n) is 7.34. The summed E-state index contributed by atoms with van der Waals surface area (Å²) in [7, 11) is 0. The summed E-state index contributed by atoms with van der Waals surface area (Å²) in [5, 5.41) is 8.61. The number of anilines is 1. The maximum absolute atomic E-state index is 10.5. The highest BCUT2D eigenvalue weighted by atomic mass is 16.4. The summed E-state index contributed by atoms with van der Waals surface area (Å²) < 4.78 is 0. The number of carboxylic acid groups (broad SMARTS) is 1. The fourth-order valence-corrected chi connectivity index (χ4v) is 2.77. The second-order valence-electron chi connectivity index (χ2n) is 5.25. The lowest BCUT2D eigenvalue weighted by Crippen LogP contribution is -2.39. The Balaban J connectivity index is 2.09. The molecule has 0 aromatic carbocycles. The fraction of sp³-hybridized carbons (Fsp3) is 0.500. The number of nitrogens with zero attached hydrogens (tertiary/aromatic N) is 2. The monoisotopic (exact) mass is 274 g/mol. The number of carbonyl (C=O) groups is 1. The van der Waals surface area contributed by atoms with Crippen LogP contribution >= 0.6 is 0 Å². The van der Waals surface area contributed by atoms with E-state index in [1.54, 1.807) is 12.3 Å². The Kier molecular flexibility index (Phi) is 5.16. The van der Waals surface area contributed by atoms with Crippen LogP contribution in [-0.2, 0) is 4.79 Å². The quantitative estimate of drug-likeness (QED) is 0.837. The number of hydrogen-bond donors (Lipinski definition) is 1. The van der Waals surface area contributed by atoms with Gasteiger partial charge in [0, 0.05) is 24.9 Å². The number of piperidine rings is 1. The minimum Gasteiger partial charge on any atom is -0.478 e. The predicted octanol–water partition coefficient (Wildman–Crippen LogP) is 3.34. The van der Waals surface area contributed by atoms with Crippen LogP contribution in [0.15, 0.2) is 24.4 Å². The number of aromatic nitrogens is 1. The zero-order valence-corrected chi connectivity index (χ0v) is 12.0. The summed E-state index contributed by atoms with van der Waals surface area (Å²) in [6.45, 7) is 3.29. The Morgan fingerprint density at radius 2 is 2.35 bits per heavy atom. The highest BCUT2D eigenvalue weighted by molar-refractivity contribution is 5.85. The normalized spacial score (nSPS) is 19.4. The number of carboxylic acids is 1. The van der Waals surface area contributed by atoms with E-state index in [-0.39, 0.29) is 0 Å². The van der Waals surface area contributed by atoms with Gasteiger partial charge < -0.3 is 10.0 Å². The molecule has 1 aromatic heterocycles. The van der Waals surface area contributed by atoms with Crippen molar-refractivity contribution >= 4 is 17.9 Å². The summed E-state index contributed by atoms with van der Waals surface area (Å²) >= 11 is 0. The van der Waals surface area contributed by atoms with Crippen molar-refractivity contribution in [1.82, 2.24) is 4.98 Å². The zero-order chi connectivity index (χ0) is 14.4. The molecule has 4 heteroatoms. The third-order valence-electron chi connectivity index (χ3n) is 3.73. The first-order valence-corrected chi connectivity index (χ1v) is 7.34. The van der Waals surface area contributed by atoms with Gasteiger partial charge in [-0.25, -0.2) is 9.78 Å². The Hall–Kier alpha value is -1.84. The van der Waals surface area contributed by atoms with Gasteiger partial charge in [-0.2, -0.15) is 0 Å². The second-order valence-corrected chi connectivity index (χ2v) is 5.25. The third kappa shape index (κ3) is 3.83. The second kappa shape index (κ2) is 7.08. The van der Waals surface area contributed by atoms with Gasteiger partial charge in [0.2, 0.25) is 0 Å². The van der Waals surface area contributed by atoms with Crippen molar-refractivity contribution in [3.05, 3.63) is 30.0 Å². The van der Waals surface area contributed by atoms with Crippen LogP contribution in [0, 0.1) is 0 Å². The molecular formula is C16H22N2O2. The van der Waals surface area contributed by atoms with Gasteiger partial charge >= 0.3 is 5.97 Å². The number of aliphatic carboxylic acids is 1. The van der Waals surface area contributed by atoms with Gasteiger partial charge in [-0.15, -0.1) is 0 Å². The van der Waals surface area contributed by atoms with Crippen molar-refractivity contribution in [2.75, 3.05) is 11.4 Å². The SMILES string of the molecule is CCCC1CCCCN1c1ccc(/C=C/C(=O)O)cn1. The smallest absolute Gasteiger partial charge is 0.328 e. The first-order chi connectivity index (χ1) is 9.70. The van der Waals surface area contributed by atoms with Crippen molar-refractivity contribution in [3.8, 4) is 0 Å². The molecule has 2 heterocycles. The summed E-state index contributed by atoms with van der Waals surface area (Å²) in [6, 6.07) is 4.52. The van der Waals surface area contributed by atoms with Gasteiger partial charge in [0.05, 0.1) is 0 Å². The molecule has 1 N–H and O–H groups in total. The molecule has 1 unspecified atom stereocenters. The van der Waals surface area contributed by atoms with Crippen molar-refractivity contribution in [1.29, 1.82) is 0 Å². The van der Waals surface area contributed by atoms with Crippen LogP contribution in [0.5, 0.6) is 0 Å². The number of hydrogen-bond acceptors (Lipinski definition) is 3. The molecule has 2 rings (SSSR count). The van der Waals surface area contributed by atoms with Crippen molar-refractivity contribution in [3.63, 3.8) is 0 Å². The summed E-state index contributed by atoms with van der Waals surface area (Å²) in [5.74, 6) is 0.0729. The van der Waals surface area contributed by atoms with Gasteiger partial charge in [0.15, 0.2) is 0 Å². The van der Waals surface area contributed by atoms with Gasteiger partial charge in [-0.05, 0) is 49.5 Å². The van der Waals surface area contributed by atoms with E-state index in [2.05, 4.69) is 16.8 Å². The molecule has 1 fully saturated rings. The van der Waals surface area contributed by atoms with E-state index in [0.717, 1.165) is 24.0 Å². The average molecular weight is 274 g/mol. The molecule has 20 heavy (non-hydrogen) atoms. The first kappa shape index (κ1) is 14.6. The van der Waals surface area contributed by atoms with Crippen LogP contribution in [0.1, 0.15) is 44.6 Å². The van der Waals surface area contributed by atoms with E-state index < -0.39 is 5.97 Å². The van der Waals surface area contributed by atoms with Crippen LogP contribution in [0.2, 0.25) is 0 Å². The summed E-state index contributed by atoms with van der Waals surface area (Å²) in [4.78, 5) is 17.4. The zero-order valence-electron chi connectivity index (χ0n) is 12.0. The molecule has 0 saturated carbocycles. The molecule has 1 aliphatic heterocycles. The van der Waals surface area contributed by atoms with Gasteiger partial charge in [-0.3, -0.25) is 0 Å². The van der Waals surface area contributed by atoms with Gasteiger partial charge in [0.25, 0.3) is 0 Å². The van der Waals surface area contributed by atoms with Crippen molar-refractivity contribution < 1.29 is 9.90 Å². The Labute approximate surface area is 120 Å². The van der Waals surface area contributed by atoms with E-state index in [0.29, 0.717) is 6.04 Å². The van der Waals surface area contributed by atoms with Gasteiger partial charge in [-0.1, -0.05) is 13.3 Å². The molecule has 108 valence electrons. The minimum atomic E-state index is -0.937. The van der Waals surface area contributed by atoms with Crippen LogP contribution in [0.3, 0.4) is 0 Å². The minimum absolute atomic E-state index is 0.599. The predicted molar refractivity (Wildman–Crippen MR) is 80.8 cm³/mol. The molecule has 1 aliphatic rings. The van der Waals surface area contributed by atoms with E-state index >= 15 is 0 Å². The summed E-state index contributed by atoms with van der Waals surface area (Å²) in [5.41, 5.74) is 0.820. The fourth-order valence-electron chi connectivity index (χ4n) is 2.77. The van der Waals surface area contributed by atoms with E-state index in [1.807, 2.05) is 12.1 Å². The maximum Gasteiger partial charge on any atom is 0.328 e. The molecular weight excluding hydrogens is 252 g/mol. The Bertz CT molecular complexity index is 466. The van der Waals surface area contributed by atoms with Crippen molar-refractivity contribution in [2.45, 2.75) is 45.1 Å².